The van der Waals surface area contributed by atoms with Gasteiger partial charge in [-0.05, 0) is 37.7 Å². The van der Waals surface area contributed by atoms with Crippen molar-refractivity contribution in [3.63, 3.8) is 0 Å². The Hall–Kier alpha value is -0.860. The lowest BCUT2D eigenvalue weighted by Crippen LogP contribution is -2.25. The van der Waals surface area contributed by atoms with E-state index in [4.69, 9.17) is 4.74 Å². The summed E-state index contributed by atoms with van der Waals surface area (Å²) in [6, 6.07) is 9.27. The highest BCUT2D eigenvalue weighted by atomic mass is 16.5. The Morgan fingerprint density at radius 2 is 2.00 bits per heavy atom. The molecule has 1 saturated carbocycles. The molecule has 1 unspecified atom stereocenters. The largest absolute Gasteiger partial charge is 0.380 e. The monoisotopic (exact) mass is 247 g/mol. The zero-order chi connectivity index (χ0) is 12.8. The second-order valence-electron chi connectivity index (χ2n) is 5.34. The van der Waals surface area contributed by atoms with Gasteiger partial charge in [0.2, 0.25) is 0 Å². The molecular formula is C16H25NO. The summed E-state index contributed by atoms with van der Waals surface area (Å²) < 4.78 is 5.64. The van der Waals surface area contributed by atoms with Crippen LogP contribution in [0.2, 0.25) is 0 Å². The summed E-state index contributed by atoms with van der Waals surface area (Å²) in [7, 11) is 0. The van der Waals surface area contributed by atoms with Crippen molar-refractivity contribution >= 4 is 0 Å². The molecule has 2 rings (SSSR count). The van der Waals surface area contributed by atoms with E-state index in [0.717, 1.165) is 32.1 Å². The van der Waals surface area contributed by atoms with E-state index in [0.29, 0.717) is 6.04 Å². The summed E-state index contributed by atoms with van der Waals surface area (Å²) in [6.45, 7) is 7.09. The first-order chi connectivity index (χ1) is 8.79. The Labute approximate surface area is 111 Å². The SMILES string of the molecule is CCC(NCCOCC1CC1)c1ccc(C)cc1. The smallest absolute Gasteiger partial charge is 0.0591 e. The third kappa shape index (κ3) is 4.43. The van der Waals surface area contributed by atoms with E-state index >= 15 is 0 Å². The summed E-state index contributed by atoms with van der Waals surface area (Å²) in [5.41, 5.74) is 2.70. The van der Waals surface area contributed by atoms with Crippen LogP contribution in [-0.2, 0) is 4.74 Å². The van der Waals surface area contributed by atoms with Crippen molar-refractivity contribution in [2.45, 2.75) is 39.2 Å². The molecule has 0 saturated heterocycles. The Morgan fingerprint density at radius 3 is 2.61 bits per heavy atom. The molecule has 1 aromatic rings. The number of benzene rings is 1. The maximum atomic E-state index is 5.64. The predicted molar refractivity (Wildman–Crippen MR) is 75.8 cm³/mol. The molecule has 2 nitrogen and oxygen atoms in total. The molecule has 1 aromatic carbocycles. The molecule has 1 aliphatic carbocycles. The van der Waals surface area contributed by atoms with Crippen LogP contribution in [0.1, 0.15) is 43.4 Å². The first kappa shape index (κ1) is 13.6. The summed E-state index contributed by atoms with van der Waals surface area (Å²) in [5.74, 6) is 0.865. The Bertz CT molecular complexity index is 343. The standard InChI is InChI=1S/C16H25NO/c1-3-16(15-8-4-13(2)5-9-15)17-10-11-18-12-14-6-7-14/h4-5,8-9,14,16-17H,3,6-7,10-12H2,1-2H3. The van der Waals surface area contributed by atoms with Crippen molar-refractivity contribution in [1.82, 2.24) is 5.32 Å². The number of rotatable bonds is 8. The highest BCUT2D eigenvalue weighted by Gasteiger charge is 2.20. The zero-order valence-electron chi connectivity index (χ0n) is 11.6. The quantitative estimate of drug-likeness (QED) is 0.710. The van der Waals surface area contributed by atoms with Gasteiger partial charge < -0.3 is 10.1 Å². The van der Waals surface area contributed by atoms with E-state index in [2.05, 4.69) is 43.4 Å². The van der Waals surface area contributed by atoms with E-state index in [9.17, 15) is 0 Å². The van der Waals surface area contributed by atoms with Crippen molar-refractivity contribution in [3.05, 3.63) is 35.4 Å². The number of hydrogen-bond acceptors (Lipinski definition) is 2. The van der Waals surface area contributed by atoms with Gasteiger partial charge in [-0.1, -0.05) is 36.8 Å². The molecule has 2 heteroatoms. The minimum Gasteiger partial charge on any atom is -0.380 e. The third-order valence-electron chi connectivity index (χ3n) is 3.58. The first-order valence-electron chi connectivity index (χ1n) is 7.17. The van der Waals surface area contributed by atoms with Crippen LogP contribution in [0.25, 0.3) is 0 Å². The maximum Gasteiger partial charge on any atom is 0.0591 e. The Morgan fingerprint density at radius 1 is 1.28 bits per heavy atom. The van der Waals surface area contributed by atoms with Crippen molar-refractivity contribution in [1.29, 1.82) is 0 Å². The van der Waals surface area contributed by atoms with Gasteiger partial charge in [-0.2, -0.15) is 0 Å². The van der Waals surface area contributed by atoms with Crippen molar-refractivity contribution in [2.75, 3.05) is 19.8 Å². The van der Waals surface area contributed by atoms with E-state index in [-0.39, 0.29) is 0 Å². The highest BCUT2D eigenvalue weighted by Crippen LogP contribution is 2.28. The minimum atomic E-state index is 0.454. The van der Waals surface area contributed by atoms with Crippen LogP contribution in [0.3, 0.4) is 0 Å². The molecule has 0 bridgehead atoms. The molecule has 0 amide bonds. The van der Waals surface area contributed by atoms with Crippen LogP contribution in [0, 0.1) is 12.8 Å². The average molecular weight is 247 g/mol. The zero-order valence-corrected chi connectivity index (χ0v) is 11.6. The number of ether oxygens (including phenoxy) is 1. The number of hydrogen-bond donors (Lipinski definition) is 1. The molecule has 0 radical (unpaired) electrons. The van der Waals surface area contributed by atoms with E-state index < -0.39 is 0 Å². The van der Waals surface area contributed by atoms with Crippen LogP contribution in [0.4, 0.5) is 0 Å². The molecule has 0 aromatic heterocycles. The van der Waals surface area contributed by atoms with Crippen LogP contribution in [0.5, 0.6) is 0 Å². The van der Waals surface area contributed by atoms with Gasteiger partial charge >= 0.3 is 0 Å². The van der Waals surface area contributed by atoms with E-state index in [1.54, 1.807) is 0 Å². The molecule has 18 heavy (non-hydrogen) atoms. The lowest BCUT2D eigenvalue weighted by molar-refractivity contribution is 0.124. The van der Waals surface area contributed by atoms with Gasteiger partial charge in [0.05, 0.1) is 6.61 Å². The van der Waals surface area contributed by atoms with Crippen LogP contribution >= 0.6 is 0 Å². The highest BCUT2D eigenvalue weighted by molar-refractivity contribution is 5.23. The normalized spacial score (nSPS) is 16.8. The molecule has 1 fully saturated rings. The van der Waals surface area contributed by atoms with Crippen LogP contribution in [0.15, 0.2) is 24.3 Å². The van der Waals surface area contributed by atoms with Gasteiger partial charge in [0.1, 0.15) is 0 Å². The third-order valence-corrected chi connectivity index (χ3v) is 3.58. The molecule has 100 valence electrons. The lowest BCUT2D eigenvalue weighted by atomic mass is 10.0. The van der Waals surface area contributed by atoms with Gasteiger partial charge in [0, 0.05) is 19.2 Å². The average Bonchev–Trinajstić information content (AvgIpc) is 3.19. The molecule has 1 aliphatic rings. The molecule has 0 spiro atoms. The molecule has 0 aliphatic heterocycles. The van der Waals surface area contributed by atoms with Gasteiger partial charge in [-0.25, -0.2) is 0 Å². The minimum absolute atomic E-state index is 0.454. The van der Waals surface area contributed by atoms with Crippen LogP contribution < -0.4 is 5.32 Å². The predicted octanol–water partition coefficient (Wildman–Crippen LogP) is 3.46. The Balaban J connectivity index is 1.68. The fraction of sp³-hybridized carbons (Fsp3) is 0.625. The summed E-state index contributed by atoms with van der Waals surface area (Å²) >= 11 is 0. The fourth-order valence-corrected chi connectivity index (χ4v) is 2.14. The topological polar surface area (TPSA) is 21.3 Å². The lowest BCUT2D eigenvalue weighted by Gasteiger charge is -2.17. The van der Waals surface area contributed by atoms with Crippen molar-refractivity contribution in [3.8, 4) is 0 Å². The van der Waals surface area contributed by atoms with Crippen molar-refractivity contribution < 1.29 is 4.74 Å². The second kappa shape index (κ2) is 6.91. The van der Waals surface area contributed by atoms with Gasteiger partial charge in [-0.15, -0.1) is 0 Å². The molecule has 1 N–H and O–H groups in total. The van der Waals surface area contributed by atoms with Crippen LogP contribution in [-0.4, -0.2) is 19.8 Å². The van der Waals surface area contributed by atoms with E-state index in [1.807, 2.05) is 0 Å². The molecule has 1 atom stereocenters. The van der Waals surface area contributed by atoms with Gasteiger partial charge in [-0.3, -0.25) is 0 Å². The second-order valence-corrected chi connectivity index (χ2v) is 5.34. The van der Waals surface area contributed by atoms with Gasteiger partial charge in [0.15, 0.2) is 0 Å². The van der Waals surface area contributed by atoms with Crippen molar-refractivity contribution in [2.24, 2.45) is 5.92 Å². The first-order valence-corrected chi connectivity index (χ1v) is 7.17. The Kier molecular flexibility index (Phi) is 5.21. The maximum absolute atomic E-state index is 5.64. The number of nitrogens with one attached hydrogen (secondary N) is 1. The molecule has 0 heterocycles. The summed E-state index contributed by atoms with van der Waals surface area (Å²) in [5, 5.41) is 3.57. The molecular weight excluding hydrogens is 222 g/mol. The summed E-state index contributed by atoms with van der Waals surface area (Å²) in [6.07, 6.45) is 3.86. The van der Waals surface area contributed by atoms with Gasteiger partial charge in [0.25, 0.3) is 0 Å². The summed E-state index contributed by atoms with van der Waals surface area (Å²) in [4.78, 5) is 0. The van der Waals surface area contributed by atoms with E-state index in [1.165, 1.54) is 24.0 Å². The fourth-order valence-electron chi connectivity index (χ4n) is 2.14. The number of aryl methyl sites for hydroxylation is 1.